The van der Waals surface area contributed by atoms with Gasteiger partial charge in [0.25, 0.3) is 5.91 Å². The summed E-state index contributed by atoms with van der Waals surface area (Å²) in [5, 5.41) is 5.65. The van der Waals surface area contributed by atoms with E-state index in [-0.39, 0.29) is 16.9 Å². The Bertz CT molecular complexity index is 869. The Kier molecular flexibility index (Phi) is 6.60. The molecule has 1 aromatic carbocycles. The summed E-state index contributed by atoms with van der Waals surface area (Å²) in [7, 11) is 0. The van der Waals surface area contributed by atoms with E-state index < -0.39 is 0 Å². The lowest BCUT2D eigenvalue weighted by molar-refractivity contribution is -0.115. The first-order chi connectivity index (χ1) is 13.5. The molecule has 0 radical (unpaired) electrons. The van der Waals surface area contributed by atoms with Crippen molar-refractivity contribution in [2.45, 2.75) is 19.8 Å². The molecule has 2 amide bonds. The average molecular weight is 398 g/mol. The quantitative estimate of drug-likeness (QED) is 0.608. The number of piperidine rings is 1. The second kappa shape index (κ2) is 9.32. The number of carbonyl (C=O) groups excluding carboxylic acids is 2. The predicted octanol–water partition coefficient (Wildman–Crippen LogP) is 3.68. The van der Waals surface area contributed by atoms with Crippen LogP contribution in [0.4, 0.5) is 5.69 Å². The minimum absolute atomic E-state index is 0.0261. The second-order valence-corrected chi connectivity index (χ2v) is 7.22. The summed E-state index contributed by atoms with van der Waals surface area (Å²) < 4.78 is 5.13. The molecule has 2 N–H and O–H groups in total. The minimum atomic E-state index is -0.386. The van der Waals surface area contributed by atoms with E-state index >= 15 is 0 Å². The third-order valence-corrected chi connectivity index (χ3v) is 4.86. The van der Waals surface area contributed by atoms with Crippen LogP contribution in [0, 0.1) is 5.92 Å². The number of furan rings is 1. The molecule has 28 heavy (non-hydrogen) atoms. The van der Waals surface area contributed by atoms with Crippen molar-refractivity contribution >= 4 is 40.9 Å². The predicted molar refractivity (Wildman–Crippen MR) is 113 cm³/mol. The molecular weight excluding hydrogens is 374 g/mol. The molecule has 2 aromatic rings. The van der Waals surface area contributed by atoms with Gasteiger partial charge in [-0.3, -0.25) is 14.9 Å². The number of rotatable bonds is 4. The fourth-order valence-electron chi connectivity index (χ4n) is 3.01. The number of anilines is 1. The molecule has 0 atom stereocenters. The second-order valence-electron chi connectivity index (χ2n) is 6.81. The Labute approximate surface area is 169 Å². The fourth-order valence-corrected chi connectivity index (χ4v) is 3.22. The first-order valence-corrected chi connectivity index (χ1v) is 9.65. The molecule has 2 heterocycles. The van der Waals surface area contributed by atoms with Crippen LogP contribution >= 0.6 is 12.2 Å². The van der Waals surface area contributed by atoms with Crippen LogP contribution < -0.4 is 10.6 Å². The van der Waals surface area contributed by atoms with Gasteiger partial charge in [-0.1, -0.05) is 19.1 Å². The molecule has 1 aliphatic rings. The number of hydrogen-bond donors (Lipinski definition) is 2. The van der Waals surface area contributed by atoms with E-state index in [0.717, 1.165) is 25.9 Å². The zero-order valence-electron chi connectivity index (χ0n) is 15.7. The van der Waals surface area contributed by atoms with Gasteiger partial charge in [0.1, 0.15) is 5.76 Å². The molecule has 7 heteroatoms. The van der Waals surface area contributed by atoms with Gasteiger partial charge in [0.2, 0.25) is 5.91 Å². The summed E-state index contributed by atoms with van der Waals surface area (Å²) in [6, 6.07) is 10.7. The summed E-state index contributed by atoms with van der Waals surface area (Å²) in [6.07, 6.45) is 6.43. The number of carbonyl (C=O) groups is 2. The number of nitrogens with zero attached hydrogens (tertiary/aromatic N) is 1. The Morgan fingerprint density at radius 3 is 2.64 bits per heavy atom. The van der Waals surface area contributed by atoms with E-state index in [2.05, 4.69) is 17.6 Å². The maximum Gasteiger partial charge on any atom is 0.255 e. The minimum Gasteiger partial charge on any atom is -0.465 e. The normalized spacial score (nSPS) is 14.8. The van der Waals surface area contributed by atoms with Crippen LogP contribution in [0.2, 0.25) is 0 Å². The van der Waals surface area contributed by atoms with Crippen LogP contribution in [0.1, 0.15) is 35.9 Å². The largest absolute Gasteiger partial charge is 0.465 e. The lowest BCUT2D eigenvalue weighted by Gasteiger charge is -2.30. The lowest BCUT2D eigenvalue weighted by atomic mass is 9.98. The Morgan fingerprint density at radius 2 is 1.93 bits per heavy atom. The average Bonchev–Trinajstić information content (AvgIpc) is 3.20. The van der Waals surface area contributed by atoms with Crippen LogP contribution in [0.25, 0.3) is 6.08 Å². The molecule has 0 saturated carbocycles. The molecule has 0 spiro atoms. The molecule has 1 saturated heterocycles. The molecular formula is C21H23N3O3S. The van der Waals surface area contributed by atoms with Crippen LogP contribution in [-0.4, -0.2) is 34.9 Å². The van der Waals surface area contributed by atoms with E-state index in [4.69, 9.17) is 16.6 Å². The lowest BCUT2D eigenvalue weighted by Crippen LogP contribution is -2.39. The molecule has 1 aromatic heterocycles. The summed E-state index contributed by atoms with van der Waals surface area (Å²) in [4.78, 5) is 26.8. The van der Waals surface area contributed by atoms with Crippen molar-refractivity contribution in [3.63, 3.8) is 0 Å². The zero-order chi connectivity index (χ0) is 19.9. The van der Waals surface area contributed by atoms with E-state index in [1.54, 1.807) is 30.3 Å². The van der Waals surface area contributed by atoms with Crippen molar-refractivity contribution < 1.29 is 14.0 Å². The molecule has 0 aliphatic carbocycles. The first-order valence-electron chi connectivity index (χ1n) is 9.25. The number of hydrogen-bond acceptors (Lipinski definition) is 4. The molecule has 6 nitrogen and oxygen atoms in total. The summed E-state index contributed by atoms with van der Waals surface area (Å²) >= 11 is 5.22. The first kappa shape index (κ1) is 19.8. The molecule has 0 unspecified atom stereocenters. The van der Waals surface area contributed by atoms with Gasteiger partial charge in [0, 0.05) is 19.2 Å². The van der Waals surface area contributed by atoms with Gasteiger partial charge in [-0.15, -0.1) is 0 Å². The smallest absolute Gasteiger partial charge is 0.255 e. The van der Waals surface area contributed by atoms with Crippen LogP contribution in [0.5, 0.6) is 0 Å². The van der Waals surface area contributed by atoms with Crippen LogP contribution in [-0.2, 0) is 4.79 Å². The van der Waals surface area contributed by atoms with Gasteiger partial charge < -0.3 is 14.6 Å². The van der Waals surface area contributed by atoms with Crippen molar-refractivity contribution in [2.24, 2.45) is 5.92 Å². The SMILES string of the molecule is CC1CCN(C(=O)c2ccccc2NC(=S)NC(=O)C=Cc2ccco2)CC1. The monoisotopic (exact) mass is 397 g/mol. The van der Waals surface area contributed by atoms with Gasteiger partial charge in [-0.25, -0.2) is 0 Å². The van der Waals surface area contributed by atoms with Crippen molar-refractivity contribution in [1.82, 2.24) is 10.2 Å². The number of benzene rings is 1. The van der Waals surface area contributed by atoms with Crippen molar-refractivity contribution in [3.8, 4) is 0 Å². The highest BCUT2D eigenvalue weighted by atomic mass is 32.1. The van der Waals surface area contributed by atoms with E-state index in [9.17, 15) is 9.59 Å². The Morgan fingerprint density at radius 1 is 1.18 bits per heavy atom. The molecule has 1 fully saturated rings. The summed E-state index contributed by atoms with van der Waals surface area (Å²) in [6.45, 7) is 3.72. The van der Waals surface area contributed by atoms with Gasteiger partial charge in [-0.05, 0) is 61.3 Å². The van der Waals surface area contributed by atoms with Gasteiger partial charge in [0.15, 0.2) is 5.11 Å². The summed E-state index contributed by atoms with van der Waals surface area (Å²) in [5.74, 6) is 0.805. The zero-order valence-corrected chi connectivity index (χ0v) is 16.5. The van der Waals surface area contributed by atoms with Gasteiger partial charge in [0.05, 0.1) is 17.5 Å². The molecule has 146 valence electrons. The van der Waals surface area contributed by atoms with Gasteiger partial charge in [-0.2, -0.15) is 0 Å². The van der Waals surface area contributed by atoms with Crippen LogP contribution in [0.15, 0.2) is 53.2 Å². The third kappa shape index (κ3) is 5.29. The Hall–Kier alpha value is -2.93. The van der Waals surface area contributed by atoms with E-state index in [0.29, 0.717) is 22.9 Å². The standard InChI is InChI=1S/C21H23N3O3S/c1-15-10-12-24(13-11-15)20(26)17-6-2-3-7-18(17)22-21(28)23-19(25)9-8-16-5-4-14-27-16/h2-9,14-15H,10-13H2,1H3,(H2,22,23,25,28). The number of thiocarbonyl (C=S) groups is 1. The molecule has 3 rings (SSSR count). The number of nitrogens with one attached hydrogen (secondary N) is 2. The van der Waals surface area contributed by atoms with Gasteiger partial charge >= 0.3 is 0 Å². The third-order valence-electron chi connectivity index (χ3n) is 4.66. The number of para-hydroxylation sites is 1. The van der Waals surface area contributed by atoms with Crippen molar-refractivity contribution in [3.05, 3.63) is 60.1 Å². The van der Waals surface area contributed by atoms with E-state index in [1.165, 1.54) is 12.3 Å². The van der Waals surface area contributed by atoms with Crippen molar-refractivity contribution in [1.29, 1.82) is 0 Å². The molecule has 1 aliphatic heterocycles. The van der Waals surface area contributed by atoms with Crippen LogP contribution in [0.3, 0.4) is 0 Å². The topological polar surface area (TPSA) is 74.6 Å². The van der Waals surface area contributed by atoms with E-state index in [1.807, 2.05) is 17.0 Å². The maximum atomic E-state index is 12.9. The highest BCUT2D eigenvalue weighted by Crippen LogP contribution is 2.22. The fraction of sp³-hybridized carbons (Fsp3) is 0.286. The Balaban J connectivity index is 1.61. The highest BCUT2D eigenvalue weighted by Gasteiger charge is 2.23. The summed E-state index contributed by atoms with van der Waals surface area (Å²) in [5.41, 5.74) is 1.12. The number of likely N-dealkylation sites (tertiary alicyclic amines) is 1. The maximum absolute atomic E-state index is 12.9. The van der Waals surface area contributed by atoms with Crippen molar-refractivity contribution in [2.75, 3.05) is 18.4 Å². The molecule has 0 bridgehead atoms. The number of amides is 2. The highest BCUT2D eigenvalue weighted by molar-refractivity contribution is 7.80.